The van der Waals surface area contributed by atoms with Gasteiger partial charge in [0.2, 0.25) is 0 Å². The molecule has 7 heteroatoms. The van der Waals surface area contributed by atoms with Crippen LogP contribution in [0.15, 0.2) is 4.99 Å². The molecule has 1 unspecified atom stereocenters. The van der Waals surface area contributed by atoms with E-state index < -0.39 is 0 Å². The third-order valence-corrected chi connectivity index (χ3v) is 4.76. The average Bonchev–Trinajstić information content (AvgIpc) is 2.76. The van der Waals surface area contributed by atoms with Crippen molar-refractivity contribution in [2.45, 2.75) is 46.7 Å². The van der Waals surface area contributed by atoms with Crippen molar-refractivity contribution in [1.82, 2.24) is 20.5 Å². The summed E-state index contributed by atoms with van der Waals surface area (Å²) in [6, 6.07) is 0.503. The van der Waals surface area contributed by atoms with E-state index in [-0.39, 0.29) is 24.0 Å². The minimum Gasteiger partial charge on any atom is -0.355 e. The SMILES string of the molecule is CN=C(NCc1nc(C)c(C)s1)NCC(CC(C)C)N(C)C.I. The first kappa shape index (κ1) is 22.6. The zero-order valence-corrected chi connectivity index (χ0v) is 18.6. The predicted molar refractivity (Wildman–Crippen MR) is 112 cm³/mol. The number of nitrogens with zero attached hydrogens (tertiary/aromatic N) is 3. The van der Waals surface area contributed by atoms with Crippen molar-refractivity contribution in [2.24, 2.45) is 10.9 Å². The number of nitrogens with one attached hydrogen (secondary N) is 2. The van der Waals surface area contributed by atoms with Crippen LogP contribution in [0.25, 0.3) is 0 Å². The Morgan fingerprint density at radius 3 is 2.35 bits per heavy atom. The van der Waals surface area contributed by atoms with Crippen LogP contribution in [-0.2, 0) is 6.54 Å². The Balaban J connectivity index is 0.00000484. The number of halogens is 1. The largest absolute Gasteiger partial charge is 0.355 e. The number of likely N-dealkylation sites (N-methyl/N-ethyl adjacent to an activating group) is 1. The second-order valence-corrected chi connectivity index (χ2v) is 7.59. The number of hydrogen-bond donors (Lipinski definition) is 2. The Kier molecular flexibility index (Phi) is 11.0. The highest BCUT2D eigenvalue weighted by atomic mass is 127. The van der Waals surface area contributed by atoms with E-state index in [0.29, 0.717) is 12.0 Å². The van der Waals surface area contributed by atoms with E-state index >= 15 is 0 Å². The molecule has 1 atom stereocenters. The Bertz CT molecular complexity index is 465. The molecule has 0 aliphatic carbocycles. The minimum absolute atomic E-state index is 0. The molecule has 0 aliphatic heterocycles. The molecule has 2 N–H and O–H groups in total. The Morgan fingerprint density at radius 1 is 1.26 bits per heavy atom. The fourth-order valence-electron chi connectivity index (χ4n) is 2.23. The summed E-state index contributed by atoms with van der Waals surface area (Å²) in [7, 11) is 6.07. The lowest BCUT2D eigenvalue weighted by molar-refractivity contribution is 0.254. The van der Waals surface area contributed by atoms with Gasteiger partial charge in [-0.15, -0.1) is 35.3 Å². The van der Waals surface area contributed by atoms with Gasteiger partial charge in [0.1, 0.15) is 5.01 Å². The molecule has 0 spiro atoms. The first-order chi connectivity index (χ1) is 10.3. The zero-order chi connectivity index (χ0) is 16.7. The fourth-order valence-corrected chi connectivity index (χ4v) is 3.10. The number of aliphatic imine (C=N–C) groups is 1. The molecule has 1 aromatic heterocycles. The smallest absolute Gasteiger partial charge is 0.191 e. The summed E-state index contributed by atoms with van der Waals surface area (Å²) < 4.78 is 0. The van der Waals surface area contributed by atoms with E-state index in [4.69, 9.17) is 0 Å². The molecule has 0 aliphatic rings. The number of thiazole rings is 1. The van der Waals surface area contributed by atoms with E-state index in [9.17, 15) is 0 Å². The highest BCUT2D eigenvalue weighted by Crippen LogP contribution is 2.15. The van der Waals surface area contributed by atoms with Gasteiger partial charge in [-0.3, -0.25) is 4.99 Å². The van der Waals surface area contributed by atoms with Crippen LogP contribution in [0.1, 0.15) is 35.8 Å². The Hall–Kier alpha value is -0.410. The lowest BCUT2D eigenvalue weighted by atomic mass is 10.0. The topological polar surface area (TPSA) is 52.6 Å². The molecular weight excluding hydrogens is 421 g/mol. The molecule has 5 nitrogen and oxygen atoms in total. The van der Waals surface area contributed by atoms with Gasteiger partial charge in [-0.1, -0.05) is 13.8 Å². The first-order valence-electron chi connectivity index (χ1n) is 7.87. The molecule has 1 aromatic rings. The van der Waals surface area contributed by atoms with E-state index in [1.807, 2.05) is 0 Å². The van der Waals surface area contributed by atoms with Crippen LogP contribution in [0.5, 0.6) is 0 Å². The molecule has 0 aromatic carbocycles. The van der Waals surface area contributed by atoms with Gasteiger partial charge >= 0.3 is 0 Å². The predicted octanol–water partition coefficient (Wildman–Crippen LogP) is 3.02. The van der Waals surface area contributed by atoms with Crippen molar-refractivity contribution in [3.05, 3.63) is 15.6 Å². The second-order valence-electron chi connectivity index (χ2n) is 6.30. The monoisotopic (exact) mass is 453 g/mol. The molecule has 23 heavy (non-hydrogen) atoms. The maximum absolute atomic E-state index is 4.54. The highest BCUT2D eigenvalue weighted by molar-refractivity contribution is 14.0. The van der Waals surface area contributed by atoms with E-state index in [1.54, 1.807) is 18.4 Å². The number of guanidine groups is 1. The third kappa shape index (κ3) is 8.30. The van der Waals surface area contributed by atoms with Gasteiger partial charge in [-0.2, -0.15) is 0 Å². The summed E-state index contributed by atoms with van der Waals surface area (Å²) in [6.45, 7) is 10.3. The lowest BCUT2D eigenvalue weighted by Crippen LogP contribution is -2.45. The highest BCUT2D eigenvalue weighted by Gasteiger charge is 2.14. The first-order valence-corrected chi connectivity index (χ1v) is 8.69. The maximum Gasteiger partial charge on any atom is 0.191 e. The molecule has 0 bridgehead atoms. The van der Waals surface area contributed by atoms with Crippen molar-refractivity contribution in [2.75, 3.05) is 27.7 Å². The molecule has 0 fully saturated rings. The van der Waals surface area contributed by atoms with Crippen LogP contribution < -0.4 is 10.6 Å². The second kappa shape index (κ2) is 11.2. The van der Waals surface area contributed by atoms with Crippen LogP contribution in [0.4, 0.5) is 0 Å². The molecule has 0 radical (unpaired) electrons. The van der Waals surface area contributed by atoms with Gasteiger partial charge in [-0.25, -0.2) is 4.98 Å². The van der Waals surface area contributed by atoms with Gasteiger partial charge in [0.05, 0.1) is 12.2 Å². The molecule has 134 valence electrons. The standard InChI is InChI=1S/C16H31N5S.HI/c1-11(2)8-14(21(6)7)9-18-16(17-5)19-10-15-20-12(3)13(4)22-15;/h11,14H,8-10H2,1-7H3,(H2,17,18,19);1H. The van der Waals surface area contributed by atoms with E-state index in [2.05, 4.69) is 67.3 Å². The summed E-state index contributed by atoms with van der Waals surface area (Å²) >= 11 is 1.74. The summed E-state index contributed by atoms with van der Waals surface area (Å²) in [5.74, 6) is 1.52. The van der Waals surface area contributed by atoms with Crippen LogP contribution in [0.2, 0.25) is 0 Å². The summed E-state index contributed by atoms with van der Waals surface area (Å²) in [6.07, 6.45) is 1.17. The molecule has 0 saturated carbocycles. The van der Waals surface area contributed by atoms with Crippen molar-refractivity contribution < 1.29 is 0 Å². The van der Waals surface area contributed by atoms with Gasteiger partial charge in [0.15, 0.2) is 5.96 Å². The average molecular weight is 453 g/mol. The third-order valence-electron chi connectivity index (χ3n) is 3.68. The van der Waals surface area contributed by atoms with Crippen LogP contribution in [-0.4, -0.2) is 49.6 Å². The quantitative estimate of drug-likeness (QED) is 0.379. The summed E-state index contributed by atoms with van der Waals surface area (Å²) in [5, 5.41) is 7.87. The van der Waals surface area contributed by atoms with Gasteiger partial charge < -0.3 is 15.5 Å². The molecule has 0 saturated heterocycles. The zero-order valence-electron chi connectivity index (χ0n) is 15.4. The maximum atomic E-state index is 4.54. The van der Waals surface area contributed by atoms with Crippen LogP contribution in [0, 0.1) is 19.8 Å². The lowest BCUT2D eigenvalue weighted by Gasteiger charge is -2.27. The number of aryl methyl sites for hydroxylation is 2. The minimum atomic E-state index is 0. The number of hydrogen-bond acceptors (Lipinski definition) is 4. The van der Waals surface area contributed by atoms with E-state index in [0.717, 1.165) is 29.8 Å². The van der Waals surface area contributed by atoms with E-state index in [1.165, 1.54) is 11.3 Å². The van der Waals surface area contributed by atoms with Gasteiger partial charge in [0.25, 0.3) is 0 Å². The van der Waals surface area contributed by atoms with Crippen LogP contribution >= 0.6 is 35.3 Å². The summed E-state index contributed by atoms with van der Waals surface area (Å²) in [4.78, 5) is 12.4. The van der Waals surface area contributed by atoms with Crippen molar-refractivity contribution in [1.29, 1.82) is 0 Å². The molecule has 1 heterocycles. The normalized spacial score (nSPS) is 13.2. The van der Waals surface area contributed by atoms with Crippen molar-refractivity contribution >= 4 is 41.3 Å². The Labute approximate surface area is 162 Å². The van der Waals surface area contributed by atoms with Crippen molar-refractivity contribution in [3.63, 3.8) is 0 Å². The molecular formula is C16H32IN5S. The van der Waals surface area contributed by atoms with Gasteiger partial charge in [-0.05, 0) is 40.3 Å². The molecule has 1 rings (SSSR count). The fraction of sp³-hybridized carbons (Fsp3) is 0.750. The Morgan fingerprint density at radius 2 is 1.91 bits per heavy atom. The van der Waals surface area contributed by atoms with Gasteiger partial charge in [0, 0.05) is 24.5 Å². The number of rotatable bonds is 7. The molecule has 0 amide bonds. The summed E-state index contributed by atoms with van der Waals surface area (Å²) in [5.41, 5.74) is 1.12. The van der Waals surface area contributed by atoms with Crippen molar-refractivity contribution in [3.8, 4) is 0 Å². The number of aromatic nitrogens is 1. The van der Waals surface area contributed by atoms with Crippen LogP contribution in [0.3, 0.4) is 0 Å².